The first kappa shape index (κ1) is 18.7. The molecule has 0 aliphatic heterocycles. The molecule has 0 unspecified atom stereocenters. The Kier molecular flexibility index (Phi) is 4.54. The number of carbonyl (C=O) groups excluding carboxylic acids is 1. The number of imidazole rings is 1. The number of fused-ring (bicyclic) bond motifs is 1. The minimum Gasteiger partial charge on any atom is -0.334 e. The van der Waals surface area contributed by atoms with Crippen LogP contribution in [0.2, 0.25) is 0 Å². The molecule has 8 nitrogen and oxygen atoms in total. The SMILES string of the molecule is Cn1cnc2cc(-c3noc(-c4cccc(NC(=O)NC(C)(C)C)c4)n3)ccc21. The molecule has 8 heteroatoms. The molecule has 0 aliphatic rings. The van der Waals surface area contributed by atoms with Crippen molar-refractivity contribution in [3.63, 3.8) is 0 Å². The molecular weight excluding hydrogens is 368 g/mol. The van der Waals surface area contributed by atoms with E-state index in [0.717, 1.165) is 22.2 Å². The van der Waals surface area contributed by atoms with Crippen molar-refractivity contribution >= 4 is 22.8 Å². The number of nitrogens with zero attached hydrogens (tertiary/aromatic N) is 4. The van der Waals surface area contributed by atoms with Crippen molar-refractivity contribution in [3.05, 3.63) is 48.8 Å². The van der Waals surface area contributed by atoms with Gasteiger partial charge in [0.25, 0.3) is 5.89 Å². The zero-order valence-electron chi connectivity index (χ0n) is 16.7. The summed E-state index contributed by atoms with van der Waals surface area (Å²) in [5, 5.41) is 9.77. The number of hydrogen-bond donors (Lipinski definition) is 2. The molecule has 0 saturated carbocycles. The third-order valence-electron chi connectivity index (χ3n) is 4.27. The molecule has 4 rings (SSSR count). The highest BCUT2D eigenvalue weighted by Crippen LogP contribution is 2.26. The zero-order valence-corrected chi connectivity index (χ0v) is 16.7. The molecule has 0 radical (unpaired) electrons. The molecule has 2 aromatic heterocycles. The molecule has 2 amide bonds. The Bertz CT molecular complexity index is 1190. The lowest BCUT2D eigenvalue weighted by molar-refractivity contribution is 0.244. The van der Waals surface area contributed by atoms with Crippen molar-refractivity contribution in [1.82, 2.24) is 25.0 Å². The highest BCUT2D eigenvalue weighted by atomic mass is 16.5. The van der Waals surface area contributed by atoms with Crippen molar-refractivity contribution in [2.45, 2.75) is 26.3 Å². The topological polar surface area (TPSA) is 97.9 Å². The quantitative estimate of drug-likeness (QED) is 0.546. The maximum Gasteiger partial charge on any atom is 0.319 e. The number of aromatic nitrogens is 4. The molecule has 0 bridgehead atoms. The maximum absolute atomic E-state index is 12.1. The van der Waals surface area contributed by atoms with Gasteiger partial charge >= 0.3 is 6.03 Å². The monoisotopic (exact) mass is 390 g/mol. The fourth-order valence-corrected chi connectivity index (χ4v) is 2.97. The van der Waals surface area contributed by atoms with E-state index in [1.54, 1.807) is 18.5 Å². The van der Waals surface area contributed by atoms with E-state index >= 15 is 0 Å². The number of amides is 2. The molecule has 0 saturated heterocycles. The van der Waals surface area contributed by atoms with Crippen molar-refractivity contribution in [2.24, 2.45) is 7.05 Å². The summed E-state index contributed by atoms with van der Waals surface area (Å²) in [5.41, 5.74) is 3.76. The highest BCUT2D eigenvalue weighted by Gasteiger charge is 2.15. The average molecular weight is 390 g/mol. The van der Waals surface area contributed by atoms with Crippen LogP contribution >= 0.6 is 0 Å². The predicted octanol–water partition coefficient (Wildman–Crippen LogP) is 4.21. The van der Waals surface area contributed by atoms with Crippen LogP contribution in [0.25, 0.3) is 33.9 Å². The second-order valence-corrected chi connectivity index (χ2v) is 7.89. The second kappa shape index (κ2) is 7.05. The number of hydrogen-bond acceptors (Lipinski definition) is 5. The second-order valence-electron chi connectivity index (χ2n) is 7.89. The van der Waals surface area contributed by atoms with E-state index in [0.29, 0.717) is 17.4 Å². The van der Waals surface area contributed by atoms with E-state index in [1.165, 1.54) is 0 Å². The summed E-state index contributed by atoms with van der Waals surface area (Å²) >= 11 is 0. The summed E-state index contributed by atoms with van der Waals surface area (Å²) in [6.45, 7) is 5.77. The van der Waals surface area contributed by atoms with E-state index in [-0.39, 0.29) is 11.6 Å². The van der Waals surface area contributed by atoms with Gasteiger partial charge in [0.1, 0.15) is 0 Å². The van der Waals surface area contributed by atoms with E-state index in [9.17, 15) is 4.79 Å². The molecule has 148 valence electrons. The van der Waals surface area contributed by atoms with E-state index in [4.69, 9.17) is 4.52 Å². The molecule has 0 fully saturated rings. The number of carbonyl (C=O) groups is 1. The zero-order chi connectivity index (χ0) is 20.6. The standard InChI is InChI=1S/C21H22N6O2/c1-21(2,3)25-20(28)23-15-7-5-6-14(10-15)19-24-18(26-29-19)13-8-9-17-16(11-13)22-12-27(17)4/h5-12H,1-4H3,(H2,23,25,28). The predicted molar refractivity (Wildman–Crippen MR) is 111 cm³/mol. The van der Waals surface area contributed by atoms with Crippen LogP contribution in [0.1, 0.15) is 20.8 Å². The van der Waals surface area contributed by atoms with Crippen molar-refractivity contribution in [2.75, 3.05) is 5.32 Å². The van der Waals surface area contributed by atoms with Crippen LogP contribution in [-0.4, -0.2) is 31.3 Å². The Morgan fingerprint density at radius 3 is 2.72 bits per heavy atom. The lowest BCUT2D eigenvalue weighted by Gasteiger charge is -2.20. The molecule has 0 spiro atoms. The van der Waals surface area contributed by atoms with E-state index in [2.05, 4.69) is 25.8 Å². The van der Waals surface area contributed by atoms with Crippen LogP contribution in [0.5, 0.6) is 0 Å². The summed E-state index contributed by atoms with van der Waals surface area (Å²) in [4.78, 5) is 21.0. The first-order valence-electron chi connectivity index (χ1n) is 9.23. The molecular formula is C21H22N6O2. The number of rotatable bonds is 3. The number of benzene rings is 2. The van der Waals surface area contributed by atoms with E-state index < -0.39 is 0 Å². The Labute approximate surface area is 168 Å². The van der Waals surface area contributed by atoms with Gasteiger partial charge in [-0.1, -0.05) is 11.2 Å². The van der Waals surface area contributed by atoms with Crippen molar-refractivity contribution < 1.29 is 9.32 Å². The molecule has 29 heavy (non-hydrogen) atoms. The van der Waals surface area contributed by atoms with Crippen LogP contribution < -0.4 is 10.6 Å². The summed E-state index contributed by atoms with van der Waals surface area (Å²) < 4.78 is 7.40. The first-order valence-corrected chi connectivity index (χ1v) is 9.23. The summed E-state index contributed by atoms with van der Waals surface area (Å²) in [5.74, 6) is 0.859. The van der Waals surface area contributed by atoms with Crippen LogP contribution in [0.15, 0.2) is 53.3 Å². The molecule has 4 aromatic rings. The van der Waals surface area contributed by atoms with Gasteiger partial charge in [-0.05, 0) is 57.2 Å². The fourth-order valence-electron chi connectivity index (χ4n) is 2.97. The molecule has 2 N–H and O–H groups in total. The van der Waals surface area contributed by atoms with Gasteiger partial charge in [-0.25, -0.2) is 9.78 Å². The van der Waals surface area contributed by atoms with Gasteiger partial charge < -0.3 is 19.7 Å². The summed E-state index contributed by atoms with van der Waals surface area (Å²) in [7, 11) is 1.95. The highest BCUT2D eigenvalue weighted by molar-refractivity contribution is 5.90. The largest absolute Gasteiger partial charge is 0.334 e. The third-order valence-corrected chi connectivity index (χ3v) is 4.27. The van der Waals surface area contributed by atoms with Crippen LogP contribution in [-0.2, 0) is 7.05 Å². The van der Waals surface area contributed by atoms with Crippen LogP contribution in [0.3, 0.4) is 0 Å². The molecule has 0 atom stereocenters. The lowest BCUT2D eigenvalue weighted by Crippen LogP contribution is -2.43. The minimum absolute atomic E-state index is 0.274. The third kappa shape index (κ3) is 4.11. The lowest BCUT2D eigenvalue weighted by atomic mass is 10.1. The Hall–Kier alpha value is -3.68. The van der Waals surface area contributed by atoms with E-state index in [1.807, 2.05) is 62.7 Å². The maximum atomic E-state index is 12.1. The normalized spacial score (nSPS) is 11.6. The van der Waals surface area contributed by atoms with Crippen LogP contribution in [0.4, 0.5) is 10.5 Å². The molecule has 2 aromatic carbocycles. The van der Waals surface area contributed by atoms with Gasteiger partial charge in [0.2, 0.25) is 5.82 Å². The minimum atomic E-state index is -0.322. The van der Waals surface area contributed by atoms with Gasteiger partial charge in [0, 0.05) is 29.4 Å². The number of urea groups is 1. The molecule has 0 aliphatic carbocycles. The van der Waals surface area contributed by atoms with Gasteiger partial charge in [-0.2, -0.15) is 4.98 Å². The Morgan fingerprint density at radius 1 is 1.10 bits per heavy atom. The number of nitrogens with one attached hydrogen (secondary N) is 2. The number of aryl methyl sites for hydroxylation is 1. The van der Waals surface area contributed by atoms with Gasteiger partial charge in [-0.15, -0.1) is 0 Å². The average Bonchev–Trinajstić information content (AvgIpc) is 3.27. The molecule has 2 heterocycles. The van der Waals surface area contributed by atoms with Crippen molar-refractivity contribution in [3.8, 4) is 22.8 Å². The van der Waals surface area contributed by atoms with Gasteiger partial charge in [0.15, 0.2) is 0 Å². The van der Waals surface area contributed by atoms with Gasteiger partial charge in [-0.3, -0.25) is 0 Å². The smallest absolute Gasteiger partial charge is 0.319 e. The Morgan fingerprint density at radius 2 is 1.93 bits per heavy atom. The Balaban J connectivity index is 1.56. The van der Waals surface area contributed by atoms with Gasteiger partial charge in [0.05, 0.1) is 17.4 Å². The number of anilines is 1. The fraction of sp³-hybridized carbons (Fsp3) is 0.238. The van der Waals surface area contributed by atoms with Crippen LogP contribution in [0, 0.1) is 0 Å². The summed E-state index contributed by atoms with van der Waals surface area (Å²) in [6.07, 6.45) is 1.77. The summed E-state index contributed by atoms with van der Waals surface area (Å²) in [6, 6.07) is 12.8. The first-order chi connectivity index (χ1) is 13.8. The van der Waals surface area contributed by atoms with Crippen molar-refractivity contribution in [1.29, 1.82) is 0 Å².